The molecule has 1 amide bonds. The van der Waals surface area contributed by atoms with Gasteiger partial charge in [-0.15, -0.1) is 11.3 Å². The van der Waals surface area contributed by atoms with Gasteiger partial charge in [-0.05, 0) is 24.8 Å². The number of carbonyl (C=O) groups is 1. The lowest BCUT2D eigenvalue weighted by molar-refractivity contribution is -0.123. The Kier molecular flexibility index (Phi) is 3.38. The SMILES string of the molecule is C[C@H](C(=O)N[C@@H]1CCc2nccn2C1)c1cccs1. The molecule has 100 valence electrons. The summed E-state index contributed by atoms with van der Waals surface area (Å²) in [6.07, 6.45) is 5.72. The number of hydrogen-bond donors (Lipinski definition) is 1. The van der Waals surface area contributed by atoms with Crippen molar-refractivity contribution in [2.75, 3.05) is 0 Å². The highest BCUT2D eigenvalue weighted by molar-refractivity contribution is 7.10. The van der Waals surface area contributed by atoms with Crippen molar-refractivity contribution in [1.82, 2.24) is 14.9 Å². The molecule has 4 nitrogen and oxygen atoms in total. The first-order valence-corrected chi connectivity index (χ1v) is 7.46. The van der Waals surface area contributed by atoms with Crippen LogP contribution in [-0.4, -0.2) is 21.5 Å². The van der Waals surface area contributed by atoms with Crippen molar-refractivity contribution >= 4 is 17.2 Å². The van der Waals surface area contributed by atoms with E-state index >= 15 is 0 Å². The number of amides is 1. The molecular formula is C14H17N3OS. The van der Waals surface area contributed by atoms with Crippen molar-refractivity contribution in [3.8, 4) is 0 Å². The van der Waals surface area contributed by atoms with E-state index in [0.29, 0.717) is 0 Å². The van der Waals surface area contributed by atoms with E-state index in [1.165, 1.54) is 0 Å². The molecule has 0 bridgehead atoms. The van der Waals surface area contributed by atoms with Crippen molar-refractivity contribution in [3.63, 3.8) is 0 Å². The molecule has 0 fully saturated rings. The lowest BCUT2D eigenvalue weighted by Crippen LogP contribution is -2.42. The topological polar surface area (TPSA) is 46.9 Å². The van der Waals surface area contributed by atoms with Gasteiger partial charge in [0.1, 0.15) is 5.82 Å². The molecule has 0 saturated heterocycles. The zero-order valence-electron chi connectivity index (χ0n) is 10.9. The maximum atomic E-state index is 12.2. The Balaban J connectivity index is 1.62. The van der Waals surface area contributed by atoms with Crippen LogP contribution >= 0.6 is 11.3 Å². The highest BCUT2D eigenvalue weighted by Crippen LogP contribution is 2.21. The smallest absolute Gasteiger partial charge is 0.228 e. The molecule has 2 atom stereocenters. The monoisotopic (exact) mass is 275 g/mol. The maximum Gasteiger partial charge on any atom is 0.228 e. The third-order valence-corrected chi connectivity index (χ3v) is 4.70. The molecule has 1 N–H and O–H groups in total. The Morgan fingerprint density at radius 2 is 2.53 bits per heavy atom. The number of hydrogen-bond acceptors (Lipinski definition) is 3. The average molecular weight is 275 g/mol. The Morgan fingerprint density at radius 1 is 1.63 bits per heavy atom. The summed E-state index contributed by atoms with van der Waals surface area (Å²) in [7, 11) is 0. The molecule has 19 heavy (non-hydrogen) atoms. The fraction of sp³-hybridized carbons (Fsp3) is 0.429. The van der Waals surface area contributed by atoms with Crippen LogP contribution in [0.15, 0.2) is 29.9 Å². The van der Waals surface area contributed by atoms with E-state index in [1.54, 1.807) is 11.3 Å². The summed E-state index contributed by atoms with van der Waals surface area (Å²) in [5.74, 6) is 1.18. The normalized spacial score (nSPS) is 19.7. The molecule has 0 radical (unpaired) electrons. The molecule has 1 aliphatic rings. The first-order chi connectivity index (χ1) is 9.24. The first kappa shape index (κ1) is 12.4. The average Bonchev–Trinajstić information content (AvgIpc) is 3.08. The Bertz CT molecular complexity index is 561. The van der Waals surface area contributed by atoms with E-state index in [-0.39, 0.29) is 17.9 Å². The number of fused-ring (bicyclic) bond motifs is 1. The third kappa shape index (κ3) is 2.56. The quantitative estimate of drug-likeness (QED) is 0.933. The Morgan fingerprint density at radius 3 is 3.32 bits per heavy atom. The van der Waals surface area contributed by atoms with Crippen LogP contribution in [0.4, 0.5) is 0 Å². The zero-order valence-corrected chi connectivity index (χ0v) is 11.7. The van der Waals surface area contributed by atoms with E-state index in [4.69, 9.17) is 0 Å². The summed E-state index contributed by atoms with van der Waals surface area (Å²) < 4.78 is 2.13. The van der Waals surface area contributed by atoms with E-state index < -0.39 is 0 Å². The van der Waals surface area contributed by atoms with Crippen molar-refractivity contribution in [2.45, 2.75) is 38.3 Å². The zero-order chi connectivity index (χ0) is 13.2. The molecule has 0 aromatic carbocycles. The molecule has 0 unspecified atom stereocenters. The van der Waals surface area contributed by atoms with Crippen molar-refractivity contribution in [2.24, 2.45) is 0 Å². The summed E-state index contributed by atoms with van der Waals surface area (Å²) in [5.41, 5.74) is 0. The number of aryl methyl sites for hydroxylation is 1. The molecule has 0 spiro atoms. The minimum atomic E-state index is -0.0656. The van der Waals surface area contributed by atoms with Crippen molar-refractivity contribution < 1.29 is 4.79 Å². The third-order valence-electron chi connectivity index (χ3n) is 3.64. The highest BCUT2D eigenvalue weighted by Gasteiger charge is 2.23. The van der Waals surface area contributed by atoms with Gasteiger partial charge < -0.3 is 9.88 Å². The number of nitrogens with one attached hydrogen (secondary N) is 1. The number of thiophene rings is 1. The van der Waals surface area contributed by atoms with E-state index in [9.17, 15) is 4.79 Å². The van der Waals surface area contributed by atoms with E-state index in [0.717, 1.165) is 30.1 Å². The van der Waals surface area contributed by atoms with Crippen LogP contribution in [0.25, 0.3) is 0 Å². The van der Waals surface area contributed by atoms with Gasteiger partial charge in [0, 0.05) is 36.3 Å². The Labute approximate surface area is 116 Å². The van der Waals surface area contributed by atoms with Crippen molar-refractivity contribution in [1.29, 1.82) is 0 Å². The van der Waals surface area contributed by atoms with Crippen LogP contribution in [-0.2, 0) is 17.8 Å². The summed E-state index contributed by atoms with van der Waals surface area (Å²) in [6.45, 7) is 2.80. The van der Waals surface area contributed by atoms with Crippen LogP contribution in [0.1, 0.15) is 30.0 Å². The fourth-order valence-corrected chi connectivity index (χ4v) is 3.26. The summed E-state index contributed by atoms with van der Waals surface area (Å²) >= 11 is 1.64. The predicted octanol–water partition coefficient (Wildman–Crippen LogP) is 2.18. The van der Waals surface area contributed by atoms with Gasteiger partial charge in [-0.25, -0.2) is 4.98 Å². The lowest BCUT2D eigenvalue weighted by atomic mass is 10.0. The minimum absolute atomic E-state index is 0.0656. The standard InChI is InChI=1S/C14H17N3OS/c1-10(12-3-2-8-19-12)14(18)16-11-4-5-13-15-6-7-17(13)9-11/h2-3,6-8,10-11H,4-5,9H2,1H3,(H,16,18)/t10-,11+/m0/s1. The van der Waals surface area contributed by atoms with Gasteiger partial charge in [0.2, 0.25) is 5.91 Å². The van der Waals surface area contributed by atoms with Gasteiger partial charge in [-0.1, -0.05) is 6.07 Å². The summed E-state index contributed by atoms with van der Waals surface area (Å²) in [6, 6.07) is 4.22. The molecular weight excluding hydrogens is 258 g/mol. The van der Waals surface area contributed by atoms with Crippen LogP contribution in [0.2, 0.25) is 0 Å². The number of rotatable bonds is 3. The van der Waals surface area contributed by atoms with Crippen LogP contribution in [0, 0.1) is 0 Å². The van der Waals surface area contributed by atoms with Crippen LogP contribution in [0.3, 0.4) is 0 Å². The molecule has 5 heteroatoms. The second-order valence-corrected chi connectivity index (χ2v) is 5.96. The van der Waals surface area contributed by atoms with Gasteiger partial charge in [0.15, 0.2) is 0 Å². The van der Waals surface area contributed by atoms with E-state index in [2.05, 4.69) is 14.9 Å². The molecule has 1 aliphatic heterocycles. The van der Waals surface area contributed by atoms with Crippen LogP contribution < -0.4 is 5.32 Å². The van der Waals surface area contributed by atoms with Gasteiger partial charge in [-0.3, -0.25) is 4.79 Å². The predicted molar refractivity (Wildman–Crippen MR) is 75.2 cm³/mol. The molecule has 2 aromatic rings. The molecule has 0 aliphatic carbocycles. The largest absolute Gasteiger partial charge is 0.351 e. The summed E-state index contributed by atoms with van der Waals surface area (Å²) in [4.78, 5) is 17.7. The molecule has 3 heterocycles. The fourth-order valence-electron chi connectivity index (χ4n) is 2.48. The molecule has 2 aromatic heterocycles. The summed E-state index contributed by atoms with van der Waals surface area (Å²) in [5, 5.41) is 5.17. The number of aromatic nitrogens is 2. The second-order valence-electron chi connectivity index (χ2n) is 4.98. The van der Waals surface area contributed by atoms with Crippen LogP contribution in [0.5, 0.6) is 0 Å². The van der Waals surface area contributed by atoms with Crippen molar-refractivity contribution in [3.05, 3.63) is 40.6 Å². The van der Waals surface area contributed by atoms with Gasteiger partial charge in [0.25, 0.3) is 0 Å². The first-order valence-electron chi connectivity index (χ1n) is 6.58. The highest BCUT2D eigenvalue weighted by atomic mass is 32.1. The Hall–Kier alpha value is -1.62. The maximum absolute atomic E-state index is 12.2. The molecule has 3 rings (SSSR count). The number of nitrogens with zero attached hydrogens (tertiary/aromatic N) is 2. The van der Waals surface area contributed by atoms with Gasteiger partial charge in [-0.2, -0.15) is 0 Å². The van der Waals surface area contributed by atoms with Gasteiger partial charge >= 0.3 is 0 Å². The number of carbonyl (C=O) groups excluding carboxylic acids is 1. The lowest BCUT2D eigenvalue weighted by Gasteiger charge is -2.25. The number of imidazole rings is 1. The van der Waals surface area contributed by atoms with E-state index in [1.807, 2.05) is 36.8 Å². The molecule has 0 saturated carbocycles. The minimum Gasteiger partial charge on any atom is -0.351 e. The second kappa shape index (κ2) is 5.17. The van der Waals surface area contributed by atoms with Gasteiger partial charge in [0.05, 0.1) is 5.92 Å².